The number of rotatable bonds is 3. The van der Waals surface area contributed by atoms with Crippen molar-refractivity contribution >= 4 is 44.5 Å². The number of sulfonamides is 1. The highest BCUT2D eigenvalue weighted by molar-refractivity contribution is 7.89. The normalized spacial score (nSPS) is 15.4. The average Bonchev–Trinajstić information content (AvgIpc) is 2.79. The summed E-state index contributed by atoms with van der Waals surface area (Å²) < 4.78 is 22.4. The van der Waals surface area contributed by atoms with Crippen LogP contribution in [0, 0.1) is 0 Å². The van der Waals surface area contributed by atoms with Crippen molar-refractivity contribution < 1.29 is 13.2 Å². The van der Waals surface area contributed by atoms with Crippen LogP contribution in [0.15, 0.2) is 53.6 Å². The van der Waals surface area contributed by atoms with E-state index < -0.39 is 10.0 Å². The molecule has 0 bridgehead atoms. The molecule has 0 aliphatic carbocycles. The minimum atomic E-state index is -3.73. The molecule has 1 amide bonds. The van der Waals surface area contributed by atoms with Crippen LogP contribution >= 0.6 is 11.6 Å². The van der Waals surface area contributed by atoms with Gasteiger partial charge >= 0.3 is 0 Å². The van der Waals surface area contributed by atoms with E-state index in [1.807, 2.05) is 0 Å². The minimum Gasteiger partial charge on any atom is -0.361 e. The molecule has 2 aromatic carbocycles. The quantitative estimate of drug-likeness (QED) is 0.740. The molecule has 6 nitrogen and oxygen atoms in total. The number of carbonyl (C=O) groups excluding carboxylic acids is 1. The van der Waals surface area contributed by atoms with Gasteiger partial charge in [-0.25, -0.2) is 13.6 Å². The van der Waals surface area contributed by atoms with Crippen molar-refractivity contribution in [3.8, 4) is 0 Å². The van der Waals surface area contributed by atoms with Crippen LogP contribution in [0.25, 0.3) is 5.57 Å². The number of fused-ring (bicyclic) bond motifs is 1. The molecule has 2 aromatic rings. The monoisotopic (exact) mass is 349 g/mol. The first-order chi connectivity index (χ1) is 10.8. The molecule has 0 radical (unpaired) electrons. The molecular formula is C15H12ClN3O3S. The van der Waals surface area contributed by atoms with Gasteiger partial charge in [0.2, 0.25) is 10.0 Å². The molecule has 118 valence electrons. The maximum Gasteiger partial charge on any atom is 0.257 e. The summed E-state index contributed by atoms with van der Waals surface area (Å²) in [6, 6.07) is 11.0. The predicted molar refractivity (Wildman–Crippen MR) is 89.5 cm³/mol. The maximum absolute atomic E-state index is 12.0. The van der Waals surface area contributed by atoms with Gasteiger partial charge in [-0.3, -0.25) is 4.79 Å². The summed E-state index contributed by atoms with van der Waals surface area (Å²) in [5, 5.41) is 11.3. The minimum absolute atomic E-state index is 0.0199. The topological polar surface area (TPSA) is 101 Å². The van der Waals surface area contributed by atoms with Gasteiger partial charge in [0.15, 0.2) is 0 Å². The molecule has 0 aromatic heterocycles. The van der Waals surface area contributed by atoms with Crippen molar-refractivity contribution in [2.45, 2.75) is 4.90 Å². The van der Waals surface area contributed by atoms with E-state index in [-0.39, 0.29) is 10.8 Å². The zero-order valence-corrected chi connectivity index (χ0v) is 13.3. The molecule has 0 unspecified atom stereocenters. The number of amides is 1. The van der Waals surface area contributed by atoms with Crippen LogP contribution < -0.4 is 15.8 Å². The van der Waals surface area contributed by atoms with E-state index in [1.54, 1.807) is 36.5 Å². The lowest BCUT2D eigenvalue weighted by Crippen LogP contribution is -2.11. The fourth-order valence-corrected chi connectivity index (χ4v) is 2.89. The standard InChI is InChI=1S/C15H12ClN3O3S/c16-9-1-6-14-12(7-9)13(15(20)19-14)8-18-10-2-4-11(5-3-10)23(17,21)22/h1-8,18H,(H,19,20)(H2,17,21,22)/b13-8-. The Kier molecular flexibility index (Phi) is 3.85. The third kappa shape index (κ3) is 3.21. The average molecular weight is 350 g/mol. The predicted octanol–water partition coefficient (Wildman–Crippen LogP) is 2.39. The number of hydrogen-bond acceptors (Lipinski definition) is 4. The van der Waals surface area contributed by atoms with Gasteiger partial charge in [-0.05, 0) is 42.5 Å². The molecule has 1 aliphatic rings. The van der Waals surface area contributed by atoms with Gasteiger partial charge in [0.25, 0.3) is 5.91 Å². The highest BCUT2D eigenvalue weighted by Crippen LogP contribution is 2.33. The number of halogens is 1. The highest BCUT2D eigenvalue weighted by atomic mass is 35.5. The van der Waals surface area contributed by atoms with Crippen molar-refractivity contribution in [1.82, 2.24) is 0 Å². The number of primary sulfonamides is 1. The number of hydrogen-bond donors (Lipinski definition) is 3. The molecule has 23 heavy (non-hydrogen) atoms. The van der Waals surface area contributed by atoms with Crippen LogP contribution in [0.4, 0.5) is 11.4 Å². The Labute approximate surface area is 138 Å². The van der Waals surface area contributed by atoms with Crippen LogP contribution in [0.2, 0.25) is 5.02 Å². The van der Waals surface area contributed by atoms with Crippen LogP contribution in [-0.4, -0.2) is 14.3 Å². The van der Waals surface area contributed by atoms with Crippen LogP contribution in [-0.2, 0) is 14.8 Å². The summed E-state index contributed by atoms with van der Waals surface area (Å²) in [6.07, 6.45) is 1.55. The maximum atomic E-state index is 12.0. The van der Waals surface area contributed by atoms with Crippen LogP contribution in [0.1, 0.15) is 5.56 Å². The van der Waals surface area contributed by atoms with Gasteiger partial charge in [-0.15, -0.1) is 0 Å². The lowest BCUT2D eigenvalue weighted by atomic mass is 10.1. The summed E-state index contributed by atoms with van der Waals surface area (Å²) in [7, 11) is -3.73. The van der Waals surface area contributed by atoms with E-state index in [1.165, 1.54) is 12.1 Å². The lowest BCUT2D eigenvalue weighted by Gasteiger charge is -2.04. The molecule has 0 fully saturated rings. The molecule has 3 rings (SSSR count). The van der Waals surface area contributed by atoms with Gasteiger partial charge in [-0.1, -0.05) is 11.6 Å². The Balaban J connectivity index is 1.86. The zero-order chi connectivity index (χ0) is 16.6. The zero-order valence-electron chi connectivity index (χ0n) is 11.7. The number of anilines is 2. The first-order valence-corrected chi connectivity index (χ1v) is 8.48. The Morgan fingerprint density at radius 2 is 1.83 bits per heavy atom. The summed E-state index contributed by atoms with van der Waals surface area (Å²) in [6.45, 7) is 0. The van der Waals surface area contributed by atoms with Crippen molar-refractivity contribution in [2.75, 3.05) is 10.6 Å². The smallest absolute Gasteiger partial charge is 0.257 e. The molecule has 0 saturated carbocycles. The van der Waals surface area contributed by atoms with E-state index in [2.05, 4.69) is 10.6 Å². The fraction of sp³-hybridized carbons (Fsp3) is 0. The number of nitrogens with one attached hydrogen (secondary N) is 2. The van der Waals surface area contributed by atoms with Gasteiger partial charge < -0.3 is 10.6 Å². The number of benzene rings is 2. The van der Waals surface area contributed by atoms with E-state index in [9.17, 15) is 13.2 Å². The summed E-state index contributed by atoms with van der Waals surface area (Å²) in [5.41, 5.74) is 2.46. The van der Waals surface area contributed by atoms with Gasteiger partial charge in [0.1, 0.15) is 0 Å². The summed E-state index contributed by atoms with van der Waals surface area (Å²) in [4.78, 5) is 12.0. The Bertz CT molecular complexity index is 921. The molecule has 0 spiro atoms. The third-order valence-electron chi connectivity index (χ3n) is 3.33. The fourth-order valence-electron chi connectivity index (χ4n) is 2.20. The second-order valence-electron chi connectivity index (χ2n) is 4.92. The van der Waals surface area contributed by atoms with Gasteiger partial charge in [0, 0.05) is 28.2 Å². The second-order valence-corrected chi connectivity index (χ2v) is 6.91. The van der Waals surface area contributed by atoms with Crippen molar-refractivity contribution in [3.05, 3.63) is 59.3 Å². The second kappa shape index (κ2) is 5.69. The first-order valence-electron chi connectivity index (χ1n) is 6.55. The molecule has 1 heterocycles. The van der Waals surface area contributed by atoms with Crippen molar-refractivity contribution in [3.63, 3.8) is 0 Å². The molecule has 1 aliphatic heterocycles. The molecule has 0 saturated heterocycles. The van der Waals surface area contributed by atoms with E-state index in [0.29, 0.717) is 27.5 Å². The largest absolute Gasteiger partial charge is 0.361 e. The Morgan fingerprint density at radius 3 is 2.48 bits per heavy atom. The molecule has 4 N–H and O–H groups in total. The number of nitrogens with two attached hydrogens (primary N) is 1. The van der Waals surface area contributed by atoms with E-state index >= 15 is 0 Å². The third-order valence-corrected chi connectivity index (χ3v) is 4.49. The molecule has 0 atom stereocenters. The van der Waals surface area contributed by atoms with E-state index in [0.717, 1.165) is 0 Å². The molecular weight excluding hydrogens is 338 g/mol. The highest BCUT2D eigenvalue weighted by Gasteiger charge is 2.24. The van der Waals surface area contributed by atoms with Crippen LogP contribution in [0.5, 0.6) is 0 Å². The van der Waals surface area contributed by atoms with Crippen molar-refractivity contribution in [1.29, 1.82) is 0 Å². The van der Waals surface area contributed by atoms with Crippen molar-refractivity contribution in [2.24, 2.45) is 5.14 Å². The summed E-state index contributed by atoms with van der Waals surface area (Å²) >= 11 is 5.96. The Morgan fingerprint density at radius 1 is 1.13 bits per heavy atom. The lowest BCUT2D eigenvalue weighted by molar-refractivity contribution is -0.110. The molecule has 8 heteroatoms. The van der Waals surface area contributed by atoms with E-state index in [4.69, 9.17) is 16.7 Å². The first kappa shape index (κ1) is 15.5. The van der Waals surface area contributed by atoms with Crippen LogP contribution in [0.3, 0.4) is 0 Å². The SMILES string of the molecule is NS(=O)(=O)c1ccc(N/C=C2\C(=O)Nc3ccc(Cl)cc32)cc1. The number of carbonyl (C=O) groups is 1. The Hall–Kier alpha value is -2.35. The van der Waals surface area contributed by atoms with Gasteiger partial charge in [-0.2, -0.15) is 0 Å². The summed E-state index contributed by atoms with van der Waals surface area (Å²) in [5.74, 6) is -0.240. The van der Waals surface area contributed by atoms with Gasteiger partial charge in [0.05, 0.1) is 10.5 Å².